The van der Waals surface area contributed by atoms with Crippen LogP contribution in [0.15, 0.2) is 41.3 Å². The summed E-state index contributed by atoms with van der Waals surface area (Å²) in [7, 11) is -4.14. The number of hydrogen-bond acceptors (Lipinski definition) is 4. The summed E-state index contributed by atoms with van der Waals surface area (Å²) in [6.07, 6.45) is -4.46. The first-order valence-electron chi connectivity index (χ1n) is 11.6. The molecule has 1 atom stereocenters. The van der Waals surface area contributed by atoms with Gasteiger partial charge in [-0.3, -0.25) is 4.79 Å². The van der Waals surface area contributed by atoms with Crippen LogP contribution in [0, 0.1) is 23.4 Å². The molecule has 0 aliphatic carbocycles. The summed E-state index contributed by atoms with van der Waals surface area (Å²) >= 11 is 0. The minimum atomic E-state index is -4.68. The van der Waals surface area contributed by atoms with Crippen molar-refractivity contribution in [2.75, 3.05) is 13.1 Å². The number of halogens is 6. The van der Waals surface area contributed by atoms with Crippen LogP contribution in [0.5, 0.6) is 0 Å². The summed E-state index contributed by atoms with van der Waals surface area (Å²) in [4.78, 5) is 13.8. The Morgan fingerprint density at radius 3 is 2.22 bits per heavy atom. The van der Waals surface area contributed by atoms with Gasteiger partial charge in [-0.1, -0.05) is 6.07 Å². The van der Waals surface area contributed by atoms with Crippen molar-refractivity contribution < 1.29 is 39.6 Å². The molecule has 1 heterocycles. The molecule has 12 heteroatoms. The van der Waals surface area contributed by atoms with E-state index in [0.29, 0.717) is 31.0 Å². The Labute approximate surface area is 211 Å². The molecule has 0 bridgehead atoms. The molecule has 204 valence electrons. The van der Waals surface area contributed by atoms with Gasteiger partial charge in [0.25, 0.3) is 0 Å². The van der Waals surface area contributed by atoms with Crippen LogP contribution < -0.4 is 5.73 Å². The Morgan fingerprint density at radius 1 is 1.03 bits per heavy atom. The van der Waals surface area contributed by atoms with E-state index >= 15 is 0 Å². The van der Waals surface area contributed by atoms with Crippen LogP contribution in [0.2, 0.25) is 0 Å². The maximum absolute atomic E-state index is 13.9. The second-order valence-electron chi connectivity index (χ2n) is 9.81. The third-order valence-corrected chi connectivity index (χ3v) is 9.60. The van der Waals surface area contributed by atoms with Crippen LogP contribution in [0.4, 0.5) is 26.3 Å². The van der Waals surface area contributed by atoms with Crippen molar-refractivity contribution in [1.82, 2.24) is 4.90 Å². The molecule has 1 aliphatic rings. The first-order chi connectivity index (χ1) is 17.0. The first kappa shape index (κ1) is 29.0. The number of carbonyl (C=O) groups excluding carboxylic acids is 1. The molecule has 1 unspecified atom stereocenters. The largest absolute Gasteiger partial charge is 0.416 e. The first-order valence-corrected chi connectivity index (χ1v) is 13.1. The van der Waals surface area contributed by atoms with Gasteiger partial charge in [0, 0.05) is 31.6 Å². The fourth-order valence-corrected chi connectivity index (χ4v) is 6.44. The molecule has 1 amide bonds. The number of sulfone groups is 1. The summed E-state index contributed by atoms with van der Waals surface area (Å²) in [6.45, 7) is 3.35. The van der Waals surface area contributed by atoms with Crippen molar-refractivity contribution in [1.29, 1.82) is 0 Å². The molecule has 5 nitrogen and oxygen atoms in total. The molecule has 0 aromatic heterocycles. The number of nitrogens with two attached hydrogens (primary N) is 1. The van der Waals surface area contributed by atoms with Gasteiger partial charge >= 0.3 is 6.18 Å². The molecule has 1 saturated heterocycles. The van der Waals surface area contributed by atoms with E-state index in [1.54, 1.807) is 0 Å². The fraction of sp³-hybridized carbons (Fsp3) is 0.480. The smallest absolute Gasteiger partial charge is 0.343 e. The predicted molar refractivity (Wildman–Crippen MR) is 125 cm³/mol. The maximum Gasteiger partial charge on any atom is 0.416 e. The lowest BCUT2D eigenvalue weighted by Gasteiger charge is -2.40. The van der Waals surface area contributed by atoms with Crippen LogP contribution in [-0.2, 0) is 27.2 Å². The van der Waals surface area contributed by atoms with Crippen LogP contribution in [0.25, 0.3) is 0 Å². The number of hydrogen-bond donors (Lipinski definition) is 1. The second kappa shape index (κ2) is 10.6. The van der Waals surface area contributed by atoms with Gasteiger partial charge in [-0.05, 0) is 68.9 Å². The van der Waals surface area contributed by atoms with Gasteiger partial charge in [0.1, 0.15) is 5.82 Å². The fourth-order valence-electron chi connectivity index (χ4n) is 4.62. The van der Waals surface area contributed by atoms with E-state index in [0.717, 1.165) is 18.2 Å². The zero-order chi connectivity index (χ0) is 27.8. The molecular weight excluding hydrogens is 522 g/mol. The van der Waals surface area contributed by atoms with Crippen molar-refractivity contribution in [2.24, 2.45) is 11.7 Å². The molecule has 1 aliphatic heterocycles. The topological polar surface area (TPSA) is 80.5 Å². The van der Waals surface area contributed by atoms with Gasteiger partial charge in [0.05, 0.1) is 15.2 Å². The number of likely N-dealkylation sites (tertiary alicyclic amines) is 1. The normalized spacial score (nSPS) is 16.6. The maximum atomic E-state index is 13.9. The third-order valence-electron chi connectivity index (χ3n) is 7.00. The number of carbonyl (C=O) groups is 1. The molecule has 3 rings (SSSR count). The number of nitrogens with zero attached hydrogens (tertiary/aromatic N) is 1. The minimum Gasteiger partial charge on any atom is -0.343 e. The van der Waals surface area contributed by atoms with Crippen molar-refractivity contribution in [3.63, 3.8) is 0 Å². The summed E-state index contributed by atoms with van der Waals surface area (Å²) in [5.41, 5.74) is 4.74. The lowest BCUT2D eigenvalue weighted by molar-refractivity contribution is -0.137. The molecule has 0 saturated carbocycles. The third kappa shape index (κ3) is 6.28. The van der Waals surface area contributed by atoms with Crippen LogP contribution >= 0.6 is 0 Å². The summed E-state index contributed by atoms with van der Waals surface area (Å²) in [6, 6.07) is 3.90. The Morgan fingerprint density at radius 2 is 1.62 bits per heavy atom. The van der Waals surface area contributed by atoms with E-state index in [-0.39, 0.29) is 37.4 Å². The quantitative estimate of drug-likeness (QED) is 0.394. The van der Waals surface area contributed by atoms with Crippen LogP contribution in [0.3, 0.4) is 0 Å². The van der Waals surface area contributed by atoms with Crippen molar-refractivity contribution >= 4 is 15.7 Å². The summed E-state index contributed by atoms with van der Waals surface area (Å²) in [5, 5.41) is 0. The van der Waals surface area contributed by atoms with Gasteiger partial charge in [-0.2, -0.15) is 13.2 Å². The molecule has 2 aromatic carbocycles. The van der Waals surface area contributed by atoms with E-state index in [1.807, 2.05) is 0 Å². The monoisotopic (exact) mass is 550 g/mol. The number of rotatable bonds is 7. The molecule has 0 spiro atoms. The molecule has 0 radical (unpaired) electrons. The average molecular weight is 551 g/mol. The molecule has 1 fully saturated rings. The Hall–Kier alpha value is -2.60. The SMILES string of the molecule is CC(C)(C1CCN(C(=O)CC(N)Cc2cc(F)c(F)cc2F)CC1)S(=O)(=O)c1cccc(C(F)(F)F)c1. The average Bonchev–Trinajstić information content (AvgIpc) is 2.82. The molecule has 37 heavy (non-hydrogen) atoms. The van der Waals surface area contributed by atoms with E-state index in [2.05, 4.69) is 0 Å². The Bertz CT molecular complexity index is 1260. The van der Waals surface area contributed by atoms with E-state index in [1.165, 1.54) is 18.7 Å². The highest BCUT2D eigenvalue weighted by atomic mass is 32.2. The minimum absolute atomic E-state index is 0.153. The van der Waals surface area contributed by atoms with Gasteiger partial charge in [-0.15, -0.1) is 0 Å². The Balaban J connectivity index is 1.63. The zero-order valence-corrected chi connectivity index (χ0v) is 21.1. The van der Waals surface area contributed by atoms with Crippen LogP contribution in [-0.4, -0.2) is 43.1 Å². The van der Waals surface area contributed by atoms with Gasteiger partial charge in [0.15, 0.2) is 21.5 Å². The van der Waals surface area contributed by atoms with Crippen molar-refractivity contribution in [3.05, 3.63) is 65.0 Å². The highest BCUT2D eigenvalue weighted by molar-refractivity contribution is 7.92. The molecular formula is C25H28F6N2O3S. The highest BCUT2D eigenvalue weighted by Crippen LogP contribution is 2.39. The predicted octanol–water partition coefficient (Wildman–Crippen LogP) is 4.87. The van der Waals surface area contributed by atoms with Crippen molar-refractivity contribution in [3.8, 4) is 0 Å². The highest BCUT2D eigenvalue weighted by Gasteiger charge is 2.45. The molecule has 2 N–H and O–H groups in total. The lowest BCUT2D eigenvalue weighted by Crippen LogP contribution is -2.48. The van der Waals surface area contributed by atoms with E-state index < -0.39 is 60.6 Å². The van der Waals surface area contributed by atoms with E-state index in [9.17, 15) is 39.6 Å². The number of benzene rings is 2. The van der Waals surface area contributed by atoms with E-state index in [4.69, 9.17) is 5.73 Å². The second-order valence-corrected chi connectivity index (χ2v) is 12.3. The molecule has 2 aromatic rings. The number of amides is 1. The number of alkyl halides is 3. The summed E-state index contributed by atoms with van der Waals surface area (Å²) in [5.74, 6) is -4.30. The van der Waals surface area contributed by atoms with Crippen molar-refractivity contribution in [2.45, 2.75) is 61.4 Å². The van der Waals surface area contributed by atoms with Gasteiger partial charge in [0.2, 0.25) is 5.91 Å². The van der Waals surface area contributed by atoms with Gasteiger partial charge in [-0.25, -0.2) is 21.6 Å². The zero-order valence-electron chi connectivity index (χ0n) is 20.3. The van der Waals surface area contributed by atoms with Gasteiger partial charge < -0.3 is 10.6 Å². The van der Waals surface area contributed by atoms with Crippen LogP contribution in [0.1, 0.15) is 44.2 Å². The number of piperidine rings is 1. The lowest BCUT2D eigenvalue weighted by atomic mass is 9.85. The Kier molecular flexibility index (Phi) is 8.33. The standard InChI is InChI=1S/C25H28F6N2O3S/c1-24(2,37(35,36)19-5-3-4-17(12-19)25(29,30)31)16-6-8-33(9-7-16)23(34)13-18(32)10-15-11-21(27)22(28)14-20(15)26/h3-5,11-12,14,16,18H,6-10,13,32H2,1-2H3. The summed E-state index contributed by atoms with van der Waals surface area (Å²) < 4.78 is 105.